The molecule has 0 aromatic heterocycles. The summed E-state index contributed by atoms with van der Waals surface area (Å²) >= 11 is 6.26. The van der Waals surface area contributed by atoms with Gasteiger partial charge in [0.2, 0.25) is 0 Å². The van der Waals surface area contributed by atoms with E-state index in [2.05, 4.69) is 22.8 Å². The molecule has 2 amide bonds. The van der Waals surface area contributed by atoms with Crippen molar-refractivity contribution in [3.05, 3.63) is 64.4 Å². The van der Waals surface area contributed by atoms with Crippen LogP contribution in [0.4, 0.5) is 0 Å². The minimum Gasteiger partial charge on any atom is -0.497 e. The molecule has 0 radical (unpaired) electrons. The van der Waals surface area contributed by atoms with Gasteiger partial charge < -0.3 is 20.3 Å². The van der Waals surface area contributed by atoms with Gasteiger partial charge in [-0.15, -0.1) is 0 Å². The summed E-state index contributed by atoms with van der Waals surface area (Å²) in [5.41, 5.74) is 3.18. The van der Waals surface area contributed by atoms with E-state index in [9.17, 15) is 9.59 Å². The van der Waals surface area contributed by atoms with E-state index in [-0.39, 0.29) is 18.0 Å². The normalized spacial score (nSPS) is 24.6. The average molecular weight is 428 g/mol. The van der Waals surface area contributed by atoms with Crippen LogP contribution in [0.2, 0.25) is 0 Å². The molecule has 1 aromatic carbocycles. The lowest BCUT2D eigenvalue weighted by atomic mass is 9.85. The van der Waals surface area contributed by atoms with Crippen molar-refractivity contribution < 1.29 is 14.3 Å². The summed E-state index contributed by atoms with van der Waals surface area (Å²) in [6.07, 6.45) is 7.52. The minimum atomic E-state index is -0.558. The van der Waals surface area contributed by atoms with Crippen LogP contribution in [-0.2, 0) is 9.59 Å². The number of nitrogens with one attached hydrogen (secondary N) is 2. The second kappa shape index (κ2) is 8.56. The third kappa shape index (κ3) is 3.72. The second-order valence-corrected chi connectivity index (χ2v) is 8.16. The highest BCUT2D eigenvalue weighted by molar-refractivity contribution is 6.35. The first-order valence-corrected chi connectivity index (χ1v) is 10.7. The largest absolute Gasteiger partial charge is 0.497 e. The minimum absolute atomic E-state index is 0.113. The molecule has 30 heavy (non-hydrogen) atoms. The zero-order valence-corrected chi connectivity index (χ0v) is 17.9. The summed E-state index contributed by atoms with van der Waals surface area (Å²) in [7, 11) is 1.62. The quantitative estimate of drug-likeness (QED) is 0.724. The number of benzene rings is 1. The molecule has 158 valence electrons. The molecular weight excluding hydrogens is 402 g/mol. The van der Waals surface area contributed by atoms with Gasteiger partial charge in [-0.3, -0.25) is 9.59 Å². The van der Waals surface area contributed by atoms with E-state index in [1.54, 1.807) is 12.0 Å². The maximum atomic E-state index is 13.1. The molecule has 0 fully saturated rings. The molecule has 1 aromatic rings. The number of nitrogens with zero attached hydrogens (tertiary/aromatic N) is 1. The Balaban J connectivity index is 1.71. The molecule has 0 saturated heterocycles. The molecule has 6 nitrogen and oxygen atoms in total. The first kappa shape index (κ1) is 20.5. The second-order valence-electron chi connectivity index (χ2n) is 7.73. The van der Waals surface area contributed by atoms with Gasteiger partial charge in [0.15, 0.2) is 0 Å². The van der Waals surface area contributed by atoms with Gasteiger partial charge in [0, 0.05) is 29.7 Å². The summed E-state index contributed by atoms with van der Waals surface area (Å²) in [6.45, 7) is 2.92. The molecule has 2 N–H and O–H groups in total. The number of allylic oxidation sites excluding steroid dienone is 2. The Hall–Kier alpha value is -2.73. The number of hydrogen-bond donors (Lipinski definition) is 2. The standard InChI is InChI=1S/C23H26ClN3O3/c1-3-11-25-22(28)23(29)27-12-10-17-18-13-15(24)6-9-19(18)26-20(17)21(27)14-4-7-16(30-2)8-5-14/h4-9,13,18-19,21,26H,3,10-12H2,1-2H3,(H,25,28). The topological polar surface area (TPSA) is 70.7 Å². The summed E-state index contributed by atoms with van der Waals surface area (Å²) in [4.78, 5) is 27.2. The van der Waals surface area contributed by atoms with Crippen LogP contribution in [0.15, 0.2) is 58.8 Å². The molecular formula is C23H26ClN3O3. The molecule has 2 heterocycles. The van der Waals surface area contributed by atoms with Crippen LogP contribution in [-0.4, -0.2) is 43.0 Å². The van der Waals surface area contributed by atoms with Crippen molar-refractivity contribution >= 4 is 23.4 Å². The fourth-order valence-corrected chi connectivity index (χ4v) is 4.64. The average Bonchev–Trinajstić information content (AvgIpc) is 3.14. The van der Waals surface area contributed by atoms with Crippen LogP contribution in [0.5, 0.6) is 5.75 Å². The van der Waals surface area contributed by atoms with Crippen LogP contribution in [0.1, 0.15) is 31.4 Å². The summed E-state index contributed by atoms with van der Waals surface area (Å²) in [5.74, 6) is -0.147. The zero-order chi connectivity index (χ0) is 21.3. The van der Waals surface area contributed by atoms with Crippen LogP contribution in [0, 0.1) is 5.92 Å². The van der Waals surface area contributed by atoms with Crippen molar-refractivity contribution in [1.82, 2.24) is 15.5 Å². The maximum absolute atomic E-state index is 13.1. The molecule has 7 heteroatoms. The third-order valence-electron chi connectivity index (χ3n) is 5.89. The molecule has 3 aliphatic rings. The summed E-state index contributed by atoms with van der Waals surface area (Å²) in [6, 6.07) is 7.41. The SMILES string of the molecule is CCCNC(=O)C(=O)N1CCC2=C(NC3C=CC(Cl)=CC23)C1c1ccc(OC)cc1. The Morgan fingerprint density at radius 1 is 1.30 bits per heavy atom. The fraction of sp³-hybridized carbons (Fsp3) is 0.391. The first-order valence-electron chi connectivity index (χ1n) is 10.3. The van der Waals surface area contributed by atoms with Gasteiger partial charge in [-0.1, -0.05) is 42.8 Å². The summed E-state index contributed by atoms with van der Waals surface area (Å²) < 4.78 is 5.29. The van der Waals surface area contributed by atoms with Crippen LogP contribution in [0.25, 0.3) is 0 Å². The highest BCUT2D eigenvalue weighted by atomic mass is 35.5. The van der Waals surface area contributed by atoms with Crippen molar-refractivity contribution in [2.24, 2.45) is 5.92 Å². The maximum Gasteiger partial charge on any atom is 0.312 e. The number of amides is 2. The van der Waals surface area contributed by atoms with Gasteiger partial charge in [-0.25, -0.2) is 0 Å². The first-order chi connectivity index (χ1) is 14.5. The Kier molecular flexibility index (Phi) is 5.86. The highest BCUT2D eigenvalue weighted by Gasteiger charge is 2.43. The monoisotopic (exact) mass is 427 g/mol. The van der Waals surface area contributed by atoms with Crippen molar-refractivity contribution in [2.45, 2.75) is 31.8 Å². The van der Waals surface area contributed by atoms with E-state index in [0.717, 1.165) is 28.5 Å². The van der Waals surface area contributed by atoms with Crippen molar-refractivity contribution in [3.8, 4) is 5.75 Å². The molecule has 3 unspecified atom stereocenters. The van der Waals surface area contributed by atoms with E-state index >= 15 is 0 Å². The number of methoxy groups -OCH3 is 1. The Morgan fingerprint density at radius 3 is 2.77 bits per heavy atom. The van der Waals surface area contributed by atoms with Crippen LogP contribution in [0.3, 0.4) is 0 Å². The number of ether oxygens (including phenoxy) is 1. The van der Waals surface area contributed by atoms with Gasteiger partial charge in [0.1, 0.15) is 5.75 Å². The molecule has 3 atom stereocenters. The number of fused-ring (bicyclic) bond motifs is 2. The van der Waals surface area contributed by atoms with Gasteiger partial charge in [-0.05, 0) is 42.2 Å². The predicted molar refractivity (Wildman–Crippen MR) is 116 cm³/mol. The number of hydrogen-bond acceptors (Lipinski definition) is 4. The van der Waals surface area contributed by atoms with E-state index in [0.29, 0.717) is 19.5 Å². The molecule has 4 rings (SSSR count). The Morgan fingerprint density at radius 2 is 2.07 bits per heavy atom. The molecule has 0 spiro atoms. The van der Waals surface area contributed by atoms with E-state index in [4.69, 9.17) is 16.3 Å². The van der Waals surface area contributed by atoms with Crippen LogP contribution >= 0.6 is 11.6 Å². The van der Waals surface area contributed by atoms with Crippen molar-refractivity contribution in [3.63, 3.8) is 0 Å². The lowest BCUT2D eigenvalue weighted by Crippen LogP contribution is -2.48. The van der Waals surface area contributed by atoms with Crippen LogP contribution < -0.4 is 15.4 Å². The van der Waals surface area contributed by atoms with Gasteiger partial charge in [0.25, 0.3) is 0 Å². The van der Waals surface area contributed by atoms with Gasteiger partial charge in [0.05, 0.1) is 19.2 Å². The van der Waals surface area contributed by atoms with Crippen molar-refractivity contribution in [1.29, 1.82) is 0 Å². The molecule has 1 aliphatic carbocycles. The van der Waals surface area contributed by atoms with Gasteiger partial charge in [-0.2, -0.15) is 0 Å². The summed E-state index contributed by atoms with van der Waals surface area (Å²) in [5, 5.41) is 7.03. The predicted octanol–water partition coefficient (Wildman–Crippen LogP) is 3.03. The highest BCUT2D eigenvalue weighted by Crippen LogP contribution is 2.44. The molecule has 0 bridgehead atoms. The number of carbonyl (C=O) groups is 2. The Bertz CT molecular complexity index is 936. The van der Waals surface area contributed by atoms with Crippen molar-refractivity contribution in [2.75, 3.05) is 20.2 Å². The third-order valence-corrected chi connectivity index (χ3v) is 6.14. The van der Waals surface area contributed by atoms with E-state index in [1.807, 2.05) is 37.3 Å². The number of halogens is 1. The lowest BCUT2D eigenvalue weighted by Gasteiger charge is -2.37. The van der Waals surface area contributed by atoms with E-state index < -0.39 is 11.8 Å². The molecule has 0 saturated carbocycles. The number of rotatable bonds is 4. The fourth-order valence-electron chi connectivity index (χ4n) is 4.43. The van der Waals surface area contributed by atoms with Gasteiger partial charge >= 0.3 is 11.8 Å². The zero-order valence-electron chi connectivity index (χ0n) is 17.2. The van der Waals surface area contributed by atoms with E-state index in [1.165, 1.54) is 5.57 Å². The Labute approximate surface area is 181 Å². The molecule has 2 aliphatic heterocycles. The number of carbonyl (C=O) groups excluding carboxylic acids is 2. The smallest absolute Gasteiger partial charge is 0.312 e. The lowest BCUT2D eigenvalue weighted by molar-refractivity contribution is -0.147.